The van der Waals surface area contributed by atoms with E-state index >= 15 is 0 Å². The van der Waals surface area contributed by atoms with Gasteiger partial charge in [-0.25, -0.2) is 0 Å². The van der Waals surface area contributed by atoms with Crippen LogP contribution in [0.15, 0.2) is 0 Å². The summed E-state index contributed by atoms with van der Waals surface area (Å²) in [5.41, 5.74) is 0. The number of carbonyl (C=O) groups excluding carboxylic acids is 1. The molecule has 1 nitrogen and oxygen atoms in total. The molecule has 0 bridgehead atoms. The van der Waals surface area contributed by atoms with Gasteiger partial charge in [-0.1, -0.05) is 35.7 Å². The highest BCUT2D eigenvalue weighted by Gasteiger charge is 2.30. The second-order valence-corrected chi connectivity index (χ2v) is 5.29. The monoisotopic (exact) mass is 232 g/mol. The zero-order chi connectivity index (χ0) is 9.14. The quantitative estimate of drug-likeness (QED) is 0.669. The smallest absolute Gasteiger partial charge is 0.133 e. The minimum atomic E-state index is 0.327. The van der Waals surface area contributed by atoms with Crippen LogP contribution in [0.4, 0.5) is 0 Å². The summed E-state index contributed by atoms with van der Waals surface area (Å²) >= 11 is 3.59. The molecule has 0 aromatic heterocycles. The second kappa shape index (κ2) is 4.40. The Kier molecular flexibility index (Phi) is 3.76. The molecule has 0 saturated heterocycles. The molecule has 12 heavy (non-hydrogen) atoms. The van der Waals surface area contributed by atoms with Crippen LogP contribution in [0.5, 0.6) is 0 Å². The van der Waals surface area contributed by atoms with E-state index in [9.17, 15) is 4.79 Å². The van der Waals surface area contributed by atoms with Crippen molar-refractivity contribution in [2.45, 2.75) is 44.4 Å². The molecule has 0 spiro atoms. The van der Waals surface area contributed by atoms with Gasteiger partial charge in [-0.05, 0) is 25.7 Å². The van der Waals surface area contributed by atoms with Crippen LogP contribution in [0.25, 0.3) is 0 Å². The van der Waals surface area contributed by atoms with Crippen LogP contribution < -0.4 is 0 Å². The molecular formula is C10H17BrO. The highest BCUT2D eigenvalue weighted by molar-refractivity contribution is 9.09. The fraction of sp³-hybridized carbons (Fsp3) is 0.900. The highest BCUT2D eigenvalue weighted by Crippen LogP contribution is 2.35. The first-order valence-electron chi connectivity index (χ1n) is 4.77. The molecule has 0 aliphatic heterocycles. The van der Waals surface area contributed by atoms with Crippen LogP contribution in [-0.4, -0.2) is 10.6 Å². The van der Waals surface area contributed by atoms with Crippen molar-refractivity contribution >= 4 is 21.7 Å². The fourth-order valence-electron chi connectivity index (χ4n) is 2.21. The highest BCUT2D eigenvalue weighted by atomic mass is 79.9. The Labute approximate surface area is 83.0 Å². The lowest BCUT2D eigenvalue weighted by Crippen LogP contribution is -2.30. The summed E-state index contributed by atoms with van der Waals surface area (Å²) in [5, 5.41) is 0. The SMILES string of the molecule is CC(=O)C1CCCCC1C(C)Br. The Hall–Kier alpha value is 0.150. The summed E-state index contributed by atoms with van der Waals surface area (Å²) in [7, 11) is 0. The second-order valence-electron chi connectivity index (χ2n) is 3.84. The minimum Gasteiger partial charge on any atom is -0.300 e. The molecule has 0 N–H and O–H groups in total. The molecule has 0 aromatic carbocycles. The third-order valence-electron chi connectivity index (χ3n) is 2.93. The zero-order valence-electron chi connectivity index (χ0n) is 7.85. The van der Waals surface area contributed by atoms with Gasteiger partial charge in [-0.3, -0.25) is 4.79 Å². The molecule has 1 aliphatic carbocycles. The van der Waals surface area contributed by atoms with E-state index in [1.54, 1.807) is 6.92 Å². The van der Waals surface area contributed by atoms with Gasteiger partial charge in [-0.15, -0.1) is 0 Å². The molecule has 70 valence electrons. The van der Waals surface area contributed by atoms with Crippen LogP contribution in [-0.2, 0) is 4.79 Å². The standard InChI is InChI=1S/C10H17BrO/c1-7(11)9-5-3-4-6-10(9)8(2)12/h7,9-10H,3-6H2,1-2H3. The number of hydrogen-bond donors (Lipinski definition) is 0. The van der Waals surface area contributed by atoms with Gasteiger partial charge in [0.25, 0.3) is 0 Å². The average molecular weight is 233 g/mol. The van der Waals surface area contributed by atoms with E-state index in [2.05, 4.69) is 22.9 Å². The third-order valence-corrected chi connectivity index (χ3v) is 3.61. The van der Waals surface area contributed by atoms with Crippen molar-refractivity contribution in [3.8, 4) is 0 Å². The molecule has 3 atom stereocenters. The molecule has 0 aromatic rings. The Morgan fingerprint density at radius 3 is 2.42 bits per heavy atom. The van der Waals surface area contributed by atoms with Gasteiger partial charge in [0.2, 0.25) is 0 Å². The maximum atomic E-state index is 11.3. The van der Waals surface area contributed by atoms with Gasteiger partial charge in [0, 0.05) is 10.7 Å². The first kappa shape index (κ1) is 10.2. The maximum Gasteiger partial charge on any atom is 0.133 e. The minimum absolute atomic E-state index is 0.327. The Morgan fingerprint density at radius 1 is 1.42 bits per heavy atom. The van der Waals surface area contributed by atoms with Gasteiger partial charge >= 0.3 is 0 Å². The molecule has 0 heterocycles. The molecule has 1 aliphatic rings. The van der Waals surface area contributed by atoms with Gasteiger partial charge in [0.15, 0.2) is 0 Å². The number of carbonyl (C=O) groups is 1. The number of Topliss-reactive ketones (excluding diaryl/α,β-unsaturated/α-hetero) is 1. The summed E-state index contributed by atoms with van der Waals surface area (Å²) in [4.78, 5) is 11.8. The predicted molar refractivity (Wildman–Crippen MR) is 54.5 cm³/mol. The number of alkyl halides is 1. The van der Waals surface area contributed by atoms with E-state index in [0.717, 1.165) is 6.42 Å². The van der Waals surface area contributed by atoms with Crippen LogP contribution in [0.2, 0.25) is 0 Å². The lowest BCUT2D eigenvalue weighted by Gasteiger charge is -2.31. The molecule has 1 saturated carbocycles. The Bertz CT molecular complexity index is 165. The summed E-state index contributed by atoms with van der Waals surface area (Å²) in [6.45, 7) is 3.89. The lowest BCUT2D eigenvalue weighted by atomic mass is 9.76. The predicted octanol–water partition coefficient (Wildman–Crippen LogP) is 3.17. The zero-order valence-corrected chi connectivity index (χ0v) is 9.43. The normalized spacial score (nSPS) is 32.9. The van der Waals surface area contributed by atoms with Crippen molar-refractivity contribution in [1.29, 1.82) is 0 Å². The Balaban J connectivity index is 2.60. The van der Waals surface area contributed by atoms with Crippen LogP contribution in [0.1, 0.15) is 39.5 Å². The largest absolute Gasteiger partial charge is 0.300 e. The number of rotatable bonds is 2. The molecular weight excluding hydrogens is 216 g/mol. The average Bonchev–Trinajstić information content (AvgIpc) is 2.04. The summed E-state index contributed by atoms with van der Waals surface area (Å²) in [6.07, 6.45) is 4.86. The van der Waals surface area contributed by atoms with Gasteiger partial charge < -0.3 is 0 Å². The first-order valence-corrected chi connectivity index (χ1v) is 5.69. The van der Waals surface area contributed by atoms with E-state index in [-0.39, 0.29) is 0 Å². The molecule has 2 heteroatoms. The van der Waals surface area contributed by atoms with E-state index < -0.39 is 0 Å². The first-order chi connectivity index (χ1) is 5.63. The van der Waals surface area contributed by atoms with Gasteiger partial charge in [0.05, 0.1) is 0 Å². The topological polar surface area (TPSA) is 17.1 Å². The van der Waals surface area contributed by atoms with Crippen molar-refractivity contribution in [2.24, 2.45) is 11.8 Å². The van der Waals surface area contributed by atoms with Crippen LogP contribution in [0.3, 0.4) is 0 Å². The molecule has 3 unspecified atom stereocenters. The summed E-state index contributed by atoms with van der Waals surface area (Å²) in [5.74, 6) is 1.29. The van der Waals surface area contributed by atoms with Crippen molar-refractivity contribution in [3.63, 3.8) is 0 Å². The van der Waals surface area contributed by atoms with Crippen molar-refractivity contribution < 1.29 is 4.79 Å². The Morgan fingerprint density at radius 2 is 2.00 bits per heavy atom. The molecule has 1 rings (SSSR count). The number of hydrogen-bond acceptors (Lipinski definition) is 1. The van der Waals surface area contributed by atoms with Crippen molar-refractivity contribution in [2.75, 3.05) is 0 Å². The number of halogens is 1. The van der Waals surface area contributed by atoms with Gasteiger partial charge in [0.1, 0.15) is 5.78 Å². The number of ketones is 1. The van der Waals surface area contributed by atoms with Crippen LogP contribution in [0, 0.1) is 11.8 Å². The third kappa shape index (κ3) is 2.32. The molecule has 1 fully saturated rings. The molecule has 0 amide bonds. The summed E-state index contributed by atoms with van der Waals surface area (Å²) in [6, 6.07) is 0. The molecule has 0 radical (unpaired) electrons. The van der Waals surface area contributed by atoms with E-state index in [1.165, 1.54) is 19.3 Å². The van der Waals surface area contributed by atoms with E-state index in [4.69, 9.17) is 0 Å². The van der Waals surface area contributed by atoms with Gasteiger partial charge in [-0.2, -0.15) is 0 Å². The maximum absolute atomic E-state index is 11.3. The fourth-order valence-corrected chi connectivity index (χ4v) is 2.85. The lowest BCUT2D eigenvalue weighted by molar-refractivity contribution is -0.123. The van der Waals surface area contributed by atoms with E-state index in [1.807, 2.05) is 0 Å². The van der Waals surface area contributed by atoms with E-state index in [0.29, 0.717) is 22.4 Å². The van der Waals surface area contributed by atoms with Crippen molar-refractivity contribution in [3.05, 3.63) is 0 Å². The summed E-state index contributed by atoms with van der Waals surface area (Å²) < 4.78 is 0. The van der Waals surface area contributed by atoms with Crippen molar-refractivity contribution in [1.82, 2.24) is 0 Å². The van der Waals surface area contributed by atoms with Crippen LogP contribution >= 0.6 is 15.9 Å².